The summed E-state index contributed by atoms with van der Waals surface area (Å²) in [6, 6.07) is 0. The third-order valence-corrected chi connectivity index (χ3v) is 6.58. The Bertz CT molecular complexity index is 285. The Morgan fingerprint density at radius 1 is 1.05 bits per heavy atom. The van der Waals surface area contributed by atoms with Crippen LogP contribution >= 0.6 is 0 Å². The van der Waals surface area contributed by atoms with Crippen molar-refractivity contribution in [3.8, 4) is 0 Å². The van der Waals surface area contributed by atoms with Crippen LogP contribution in [-0.2, 0) is 18.1 Å². The SMILES string of the molecule is CCO[Si](OCC)(OCC)C(C)/C(C)=C/C(=O)CC. The van der Waals surface area contributed by atoms with E-state index >= 15 is 0 Å². The molecule has 0 saturated heterocycles. The van der Waals surface area contributed by atoms with Gasteiger partial charge in [0.25, 0.3) is 0 Å². The smallest absolute Gasteiger partial charge is 0.373 e. The maximum Gasteiger partial charge on any atom is 0.508 e. The summed E-state index contributed by atoms with van der Waals surface area (Å²) >= 11 is 0. The first-order chi connectivity index (χ1) is 8.97. The Balaban J connectivity index is 5.21. The third kappa shape index (κ3) is 5.56. The van der Waals surface area contributed by atoms with Crippen molar-refractivity contribution >= 4 is 14.6 Å². The summed E-state index contributed by atoms with van der Waals surface area (Å²) in [7, 11) is -2.76. The molecule has 0 aromatic heterocycles. The molecule has 0 heterocycles. The molecule has 19 heavy (non-hydrogen) atoms. The molecule has 0 aromatic rings. The van der Waals surface area contributed by atoms with E-state index in [1.807, 2.05) is 41.5 Å². The van der Waals surface area contributed by atoms with Crippen LogP contribution in [0.2, 0.25) is 5.54 Å². The average molecular weight is 288 g/mol. The highest BCUT2D eigenvalue weighted by molar-refractivity contribution is 6.63. The van der Waals surface area contributed by atoms with Gasteiger partial charge >= 0.3 is 8.80 Å². The quantitative estimate of drug-likeness (QED) is 0.457. The van der Waals surface area contributed by atoms with E-state index in [1.54, 1.807) is 6.08 Å². The second-order valence-electron chi connectivity index (χ2n) is 4.33. The lowest BCUT2D eigenvalue weighted by molar-refractivity contribution is -0.114. The van der Waals surface area contributed by atoms with Gasteiger partial charge in [-0.15, -0.1) is 0 Å². The van der Waals surface area contributed by atoms with Gasteiger partial charge in [-0.1, -0.05) is 19.4 Å². The maximum atomic E-state index is 11.5. The second kappa shape index (κ2) is 9.42. The minimum Gasteiger partial charge on any atom is -0.373 e. The molecule has 0 aromatic carbocycles. The van der Waals surface area contributed by atoms with Gasteiger partial charge in [-0.3, -0.25) is 4.79 Å². The highest BCUT2D eigenvalue weighted by atomic mass is 28.4. The van der Waals surface area contributed by atoms with Crippen molar-refractivity contribution in [1.29, 1.82) is 0 Å². The van der Waals surface area contributed by atoms with Gasteiger partial charge < -0.3 is 13.3 Å². The summed E-state index contributed by atoms with van der Waals surface area (Å²) in [5, 5.41) is 0. The Morgan fingerprint density at radius 3 is 1.79 bits per heavy atom. The van der Waals surface area contributed by atoms with Gasteiger partial charge in [0.05, 0.1) is 0 Å². The fourth-order valence-corrected chi connectivity index (χ4v) is 4.71. The van der Waals surface area contributed by atoms with Crippen molar-refractivity contribution in [3.63, 3.8) is 0 Å². The predicted octanol–water partition coefficient (Wildman–Crippen LogP) is 3.35. The van der Waals surface area contributed by atoms with Gasteiger partial charge in [0.2, 0.25) is 0 Å². The average Bonchev–Trinajstić information content (AvgIpc) is 2.38. The summed E-state index contributed by atoms with van der Waals surface area (Å²) in [5.74, 6) is 0.122. The first kappa shape index (κ1) is 18.5. The molecule has 0 N–H and O–H groups in total. The van der Waals surface area contributed by atoms with Crippen LogP contribution in [0.15, 0.2) is 11.6 Å². The van der Waals surface area contributed by atoms with Crippen LogP contribution in [0.1, 0.15) is 48.0 Å². The molecule has 0 aliphatic carbocycles. The minimum atomic E-state index is -2.76. The minimum absolute atomic E-state index is 0.0113. The highest BCUT2D eigenvalue weighted by Gasteiger charge is 2.47. The van der Waals surface area contributed by atoms with E-state index in [-0.39, 0.29) is 11.3 Å². The van der Waals surface area contributed by atoms with Gasteiger partial charge in [-0.05, 0) is 33.8 Å². The van der Waals surface area contributed by atoms with Gasteiger partial charge in [-0.25, -0.2) is 0 Å². The van der Waals surface area contributed by atoms with E-state index < -0.39 is 8.80 Å². The van der Waals surface area contributed by atoms with Crippen molar-refractivity contribution < 1.29 is 18.1 Å². The Hall–Kier alpha value is -0.493. The molecular weight excluding hydrogens is 260 g/mol. The largest absolute Gasteiger partial charge is 0.508 e. The number of rotatable bonds is 10. The number of carbonyl (C=O) groups excluding carboxylic acids is 1. The zero-order valence-electron chi connectivity index (χ0n) is 13.1. The molecule has 1 unspecified atom stereocenters. The molecule has 0 saturated carbocycles. The lowest BCUT2D eigenvalue weighted by Crippen LogP contribution is -2.50. The molecule has 112 valence electrons. The van der Waals surface area contributed by atoms with Crippen LogP contribution in [-0.4, -0.2) is 34.4 Å². The number of carbonyl (C=O) groups is 1. The first-order valence-electron chi connectivity index (χ1n) is 7.10. The summed E-state index contributed by atoms with van der Waals surface area (Å²) in [4.78, 5) is 11.5. The van der Waals surface area contributed by atoms with Gasteiger partial charge in [0.1, 0.15) is 0 Å². The van der Waals surface area contributed by atoms with Crippen LogP contribution in [0.4, 0.5) is 0 Å². The van der Waals surface area contributed by atoms with Gasteiger partial charge in [0, 0.05) is 31.8 Å². The summed E-state index contributed by atoms with van der Waals surface area (Å²) < 4.78 is 17.6. The molecule has 0 radical (unpaired) electrons. The lowest BCUT2D eigenvalue weighted by atomic mass is 10.1. The van der Waals surface area contributed by atoms with Gasteiger partial charge in [-0.2, -0.15) is 0 Å². The summed E-state index contributed by atoms with van der Waals surface area (Å²) in [6.45, 7) is 13.3. The van der Waals surface area contributed by atoms with Crippen molar-refractivity contribution in [2.75, 3.05) is 19.8 Å². The van der Waals surface area contributed by atoms with Crippen molar-refractivity contribution in [3.05, 3.63) is 11.6 Å². The van der Waals surface area contributed by atoms with Gasteiger partial charge in [0.15, 0.2) is 5.78 Å². The van der Waals surface area contributed by atoms with Crippen molar-refractivity contribution in [2.24, 2.45) is 0 Å². The summed E-state index contributed by atoms with van der Waals surface area (Å²) in [6.07, 6.45) is 2.19. The van der Waals surface area contributed by atoms with E-state index in [9.17, 15) is 4.79 Å². The lowest BCUT2D eigenvalue weighted by Gasteiger charge is -2.33. The van der Waals surface area contributed by atoms with Crippen LogP contribution in [0.25, 0.3) is 0 Å². The Kier molecular flexibility index (Phi) is 9.17. The number of allylic oxidation sites excluding steroid dienone is 2. The highest BCUT2D eigenvalue weighted by Crippen LogP contribution is 2.32. The topological polar surface area (TPSA) is 44.8 Å². The maximum absolute atomic E-state index is 11.5. The van der Waals surface area contributed by atoms with Crippen molar-refractivity contribution in [2.45, 2.75) is 53.5 Å². The molecule has 0 aliphatic rings. The van der Waals surface area contributed by atoms with Crippen LogP contribution in [0.3, 0.4) is 0 Å². The van der Waals surface area contributed by atoms with E-state index in [0.29, 0.717) is 26.2 Å². The monoisotopic (exact) mass is 288 g/mol. The zero-order valence-corrected chi connectivity index (χ0v) is 14.1. The molecule has 5 heteroatoms. The molecule has 0 spiro atoms. The molecule has 0 fully saturated rings. The van der Waals surface area contributed by atoms with E-state index in [4.69, 9.17) is 13.3 Å². The molecule has 1 atom stereocenters. The normalized spacial score (nSPS) is 14.5. The Morgan fingerprint density at radius 2 is 1.47 bits per heavy atom. The molecule has 0 rings (SSSR count). The number of hydrogen-bond donors (Lipinski definition) is 0. The predicted molar refractivity (Wildman–Crippen MR) is 79.1 cm³/mol. The molecule has 0 aliphatic heterocycles. The molecule has 0 bridgehead atoms. The standard InChI is InChI=1S/C14H28O4Si/c1-7-14(15)11-12(5)13(6)19(16-8-2,17-9-3)18-10-4/h11,13H,7-10H2,1-6H3/b12-11+. The number of hydrogen-bond acceptors (Lipinski definition) is 4. The Labute approximate surface area is 118 Å². The second-order valence-corrected chi connectivity index (χ2v) is 7.27. The van der Waals surface area contributed by atoms with Crippen molar-refractivity contribution in [1.82, 2.24) is 0 Å². The zero-order chi connectivity index (χ0) is 14.9. The fraction of sp³-hybridized carbons (Fsp3) is 0.786. The van der Waals surface area contributed by atoms with E-state index in [2.05, 4.69) is 0 Å². The molecule has 4 nitrogen and oxygen atoms in total. The van der Waals surface area contributed by atoms with E-state index in [0.717, 1.165) is 5.57 Å². The fourth-order valence-electron chi connectivity index (χ4n) is 1.86. The van der Waals surface area contributed by atoms with Crippen LogP contribution in [0.5, 0.6) is 0 Å². The van der Waals surface area contributed by atoms with Crippen LogP contribution < -0.4 is 0 Å². The molecular formula is C14H28O4Si. The van der Waals surface area contributed by atoms with E-state index in [1.165, 1.54) is 0 Å². The van der Waals surface area contributed by atoms with Crippen LogP contribution in [0, 0.1) is 0 Å². The number of ketones is 1. The third-order valence-electron chi connectivity index (χ3n) is 2.99. The summed E-state index contributed by atoms with van der Waals surface area (Å²) in [5.41, 5.74) is 0.955. The molecule has 0 amide bonds. The first-order valence-corrected chi connectivity index (χ1v) is 8.90.